The van der Waals surface area contributed by atoms with Gasteiger partial charge in [0, 0.05) is 17.0 Å². The first-order valence-corrected chi connectivity index (χ1v) is 5.15. The van der Waals surface area contributed by atoms with Crippen molar-refractivity contribution in [1.82, 2.24) is 0 Å². The molecular formula is C10H10N6O2. The van der Waals surface area contributed by atoms with E-state index in [2.05, 4.69) is 30.7 Å². The molecular weight excluding hydrogens is 236 g/mol. The maximum Gasteiger partial charge on any atom is 0.113 e. The molecule has 8 heteroatoms. The molecule has 0 amide bonds. The van der Waals surface area contributed by atoms with E-state index in [0.29, 0.717) is 12.2 Å². The minimum absolute atomic E-state index is 0.263. The monoisotopic (exact) mass is 246 g/mol. The fraction of sp³-hybridized carbons (Fsp3) is 0.200. The minimum atomic E-state index is 0.263. The Morgan fingerprint density at radius 3 is 3.17 bits per heavy atom. The van der Waals surface area contributed by atoms with Gasteiger partial charge in [-0.3, -0.25) is 0 Å². The van der Waals surface area contributed by atoms with Gasteiger partial charge in [-0.05, 0) is 17.2 Å². The lowest BCUT2D eigenvalue weighted by Gasteiger charge is -2.17. The normalized spacial score (nSPS) is 12.7. The lowest BCUT2D eigenvalue weighted by molar-refractivity contribution is -0.250. The number of nitrogens with one attached hydrogen (secondary N) is 1. The number of fused-ring (bicyclic) bond motifs is 1. The molecule has 0 saturated heterocycles. The molecule has 0 fully saturated rings. The van der Waals surface area contributed by atoms with Crippen LogP contribution < -0.4 is 5.32 Å². The Kier molecular flexibility index (Phi) is 3.75. The van der Waals surface area contributed by atoms with Gasteiger partial charge in [0.1, 0.15) is 5.69 Å². The molecule has 1 aromatic rings. The van der Waals surface area contributed by atoms with Gasteiger partial charge in [-0.15, -0.1) is 5.11 Å². The third-order valence-electron chi connectivity index (χ3n) is 2.48. The fourth-order valence-corrected chi connectivity index (χ4v) is 1.76. The zero-order valence-electron chi connectivity index (χ0n) is 9.32. The van der Waals surface area contributed by atoms with Crippen LogP contribution in [0.4, 0.5) is 11.4 Å². The topological polar surface area (TPSA) is 115 Å². The van der Waals surface area contributed by atoms with E-state index in [1.807, 2.05) is 12.2 Å². The summed E-state index contributed by atoms with van der Waals surface area (Å²) in [6.45, 7) is 0.930. The Morgan fingerprint density at radius 2 is 2.39 bits per heavy atom. The number of hydrogen-bond acceptors (Lipinski definition) is 6. The maximum atomic E-state index is 8.35. The highest BCUT2D eigenvalue weighted by molar-refractivity contribution is 5.81. The van der Waals surface area contributed by atoms with E-state index >= 15 is 0 Å². The van der Waals surface area contributed by atoms with Crippen LogP contribution in [0.15, 0.2) is 33.7 Å². The zero-order valence-corrected chi connectivity index (χ0v) is 9.32. The molecule has 0 aromatic heterocycles. The molecule has 0 radical (unpaired) electrons. The first-order valence-electron chi connectivity index (χ1n) is 5.15. The number of hydrogen-bond donors (Lipinski definition) is 2. The van der Waals surface area contributed by atoms with E-state index in [-0.39, 0.29) is 6.54 Å². The molecule has 8 nitrogen and oxygen atoms in total. The van der Waals surface area contributed by atoms with Crippen molar-refractivity contribution < 1.29 is 10.2 Å². The van der Waals surface area contributed by atoms with Gasteiger partial charge in [-0.2, -0.15) is 5.26 Å². The van der Waals surface area contributed by atoms with Crippen molar-refractivity contribution in [2.24, 2.45) is 15.5 Å². The molecule has 0 saturated carbocycles. The third-order valence-corrected chi connectivity index (χ3v) is 2.48. The van der Waals surface area contributed by atoms with Crippen LogP contribution in [0.1, 0.15) is 11.1 Å². The smallest absolute Gasteiger partial charge is 0.113 e. The van der Waals surface area contributed by atoms with Crippen LogP contribution in [-0.2, 0) is 11.5 Å². The Bertz CT molecular complexity index is 548. The van der Waals surface area contributed by atoms with Crippen LogP contribution in [0, 0.1) is 0 Å². The number of rotatable bonds is 4. The van der Waals surface area contributed by atoms with E-state index in [1.54, 1.807) is 12.1 Å². The molecule has 0 atom stereocenters. The highest BCUT2D eigenvalue weighted by Gasteiger charge is 2.13. The average molecular weight is 246 g/mol. The second-order valence-electron chi connectivity index (χ2n) is 3.47. The van der Waals surface area contributed by atoms with Crippen molar-refractivity contribution in [2.45, 2.75) is 6.54 Å². The van der Waals surface area contributed by atoms with Crippen LogP contribution in [0.3, 0.4) is 0 Å². The summed E-state index contributed by atoms with van der Waals surface area (Å²) in [4.78, 5) is 6.32. The Labute approximate surface area is 102 Å². The first kappa shape index (κ1) is 11.9. The Hall–Kier alpha value is -2.57. The van der Waals surface area contributed by atoms with Crippen molar-refractivity contribution >= 4 is 17.5 Å². The van der Waals surface area contributed by atoms with Gasteiger partial charge in [0.25, 0.3) is 0 Å². The van der Waals surface area contributed by atoms with Gasteiger partial charge in [0.15, 0.2) is 0 Å². The largest absolute Gasteiger partial charge is 0.379 e. The third kappa shape index (κ3) is 2.40. The second kappa shape index (κ2) is 5.67. The standard InChI is InChI=1S/C10H10N6O2/c11-15-13-6-7-3-4-9(14-16-18-17)10-8(7)2-1-5-12-10/h1-4,12,17H,5-6H2. The van der Waals surface area contributed by atoms with Crippen molar-refractivity contribution in [2.75, 3.05) is 11.9 Å². The van der Waals surface area contributed by atoms with Gasteiger partial charge >= 0.3 is 0 Å². The minimum Gasteiger partial charge on any atom is -0.379 e. The Balaban J connectivity index is 2.45. The second-order valence-corrected chi connectivity index (χ2v) is 3.47. The molecule has 1 heterocycles. The van der Waals surface area contributed by atoms with E-state index in [1.165, 1.54) is 0 Å². The van der Waals surface area contributed by atoms with Gasteiger partial charge in [0.05, 0.1) is 17.5 Å². The van der Waals surface area contributed by atoms with Crippen molar-refractivity contribution in [3.8, 4) is 0 Å². The molecule has 18 heavy (non-hydrogen) atoms. The summed E-state index contributed by atoms with van der Waals surface area (Å²) in [5.74, 6) is 0. The first-order chi connectivity index (χ1) is 8.86. The van der Waals surface area contributed by atoms with Crippen molar-refractivity contribution in [1.29, 1.82) is 0 Å². The van der Waals surface area contributed by atoms with E-state index in [9.17, 15) is 0 Å². The lowest BCUT2D eigenvalue weighted by atomic mass is 10.0. The van der Waals surface area contributed by atoms with Gasteiger partial charge in [0.2, 0.25) is 0 Å². The van der Waals surface area contributed by atoms with Gasteiger partial charge < -0.3 is 5.32 Å². The summed E-state index contributed by atoms with van der Waals surface area (Å²) in [5, 5.41) is 21.6. The molecule has 0 aliphatic carbocycles. The number of azide groups is 1. The molecule has 1 aliphatic heterocycles. The summed E-state index contributed by atoms with van der Waals surface area (Å²) in [6.07, 6.45) is 3.87. The number of benzene rings is 1. The molecule has 92 valence electrons. The van der Waals surface area contributed by atoms with Crippen molar-refractivity contribution in [3.63, 3.8) is 0 Å². The van der Waals surface area contributed by atoms with E-state index in [0.717, 1.165) is 16.8 Å². The molecule has 2 rings (SSSR count). The van der Waals surface area contributed by atoms with Crippen LogP contribution in [-0.4, -0.2) is 11.8 Å². The van der Waals surface area contributed by atoms with E-state index in [4.69, 9.17) is 10.8 Å². The lowest BCUT2D eigenvalue weighted by Crippen LogP contribution is -2.06. The predicted octanol–water partition coefficient (Wildman–Crippen LogP) is 3.42. The van der Waals surface area contributed by atoms with Crippen LogP contribution in [0.5, 0.6) is 0 Å². The molecule has 2 N–H and O–H groups in total. The summed E-state index contributed by atoms with van der Waals surface area (Å²) in [7, 11) is 0. The van der Waals surface area contributed by atoms with E-state index < -0.39 is 0 Å². The molecule has 0 spiro atoms. The fourth-order valence-electron chi connectivity index (χ4n) is 1.76. The summed E-state index contributed by atoms with van der Waals surface area (Å²) < 4.78 is 0. The summed E-state index contributed by atoms with van der Waals surface area (Å²) in [6, 6.07) is 3.49. The van der Waals surface area contributed by atoms with Crippen LogP contribution >= 0.6 is 0 Å². The number of nitrogens with zero attached hydrogens (tertiary/aromatic N) is 5. The SMILES string of the molecule is [N-]=[N+]=NCc1ccc(N=NOO)c2c1C=CCN2. The van der Waals surface area contributed by atoms with Crippen LogP contribution in [0.25, 0.3) is 16.5 Å². The van der Waals surface area contributed by atoms with Gasteiger partial charge in [-0.25, -0.2) is 4.99 Å². The molecule has 0 bridgehead atoms. The average Bonchev–Trinajstić information content (AvgIpc) is 2.43. The summed E-state index contributed by atoms with van der Waals surface area (Å²) in [5.41, 5.74) is 11.4. The predicted molar refractivity (Wildman–Crippen MR) is 65.0 cm³/mol. The zero-order chi connectivity index (χ0) is 12.8. The quantitative estimate of drug-likeness (QED) is 0.278. The Morgan fingerprint density at radius 1 is 1.50 bits per heavy atom. The molecule has 1 aliphatic rings. The number of anilines is 1. The highest BCUT2D eigenvalue weighted by atomic mass is 17.2. The molecule has 1 aromatic carbocycles. The molecule has 0 unspecified atom stereocenters. The highest BCUT2D eigenvalue weighted by Crippen LogP contribution is 2.35. The maximum absolute atomic E-state index is 8.35. The van der Waals surface area contributed by atoms with Crippen LogP contribution in [0.2, 0.25) is 0 Å². The van der Waals surface area contributed by atoms with Crippen molar-refractivity contribution in [3.05, 3.63) is 39.8 Å². The summed E-state index contributed by atoms with van der Waals surface area (Å²) >= 11 is 0. The van der Waals surface area contributed by atoms with Gasteiger partial charge in [-0.1, -0.05) is 23.3 Å².